The fourth-order valence-electron chi connectivity index (χ4n) is 3.81. The van der Waals surface area contributed by atoms with Crippen molar-refractivity contribution in [2.24, 2.45) is 0 Å². The molecular weight excluding hydrogens is 617 g/mol. The highest BCUT2D eigenvalue weighted by Gasteiger charge is 2.36. The number of nitrogens with one attached hydrogen (secondary N) is 1. The Morgan fingerprint density at radius 3 is 2.32 bits per heavy atom. The maximum Gasteiger partial charge on any atom is 0.423 e. The van der Waals surface area contributed by atoms with Gasteiger partial charge in [-0.2, -0.15) is 27.1 Å². The first-order valence-corrected chi connectivity index (χ1v) is 12.3. The maximum absolute atomic E-state index is 14.7. The van der Waals surface area contributed by atoms with Crippen molar-refractivity contribution in [3.05, 3.63) is 74.4 Å². The summed E-state index contributed by atoms with van der Waals surface area (Å²) >= 11 is 0. The number of H-pyrrole nitrogens is 1. The summed E-state index contributed by atoms with van der Waals surface area (Å²) in [6.07, 6.45) is -6.33. The molecule has 3 heterocycles. The van der Waals surface area contributed by atoms with Gasteiger partial charge in [-0.1, -0.05) is 0 Å². The number of ether oxygens (including phenoxy) is 1. The van der Waals surface area contributed by atoms with E-state index in [0.29, 0.717) is 5.39 Å². The molecule has 4 rings (SSSR count). The average Bonchev–Trinajstić information content (AvgIpc) is 2.92. The van der Waals surface area contributed by atoms with Crippen LogP contribution < -0.4 is 22.6 Å². The van der Waals surface area contributed by atoms with Gasteiger partial charge in [-0.3, -0.25) is 9.59 Å². The van der Waals surface area contributed by atoms with Gasteiger partial charge in [0.15, 0.2) is 5.82 Å². The topological polar surface area (TPSA) is 155 Å². The summed E-state index contributed by atoms with van der Waals surface area (Å²) in [6, 6.07) is 3.64. The lowest BCUT2D eigenvalue weighted by Gasteiger charge is -2.12. The number of alkyl halides is 8. The molecule has 0 saturated heterocycles. The number of pyridine rings is 1. The highest BCUT2D eigenvalue weighted by Crippen LogP contribution is 2.30. The molecule has 0 bridgehead atoms. The molecule has 0 amide bonds. The number of anilines is 2. The summed E-state index contributed by atoms with van der Waals surface area (Å²) in [6.45, 7) is -3.59. The Morgan fingerprint density at radius 1 is 1.05 bits per heavy atom. The number of benzene rings is 1. The minimum Gasteiger partial charge on any atom is -0.397 e. The van der Waals surface area contributed by atoms with Crippen LogP contribution in [0.4, 0.5) is 51.0 Å². The predicted octanol–water partition coefficient (Wildman–Crippen LogP) is 4.85. The molecule has 0 spiro atoms. The number of hydrogen-bond acceptors (Lipinski definition) is 8. The highest BCUT2D eigenvalue weighted by molar-refractivity contribution is 5.86. The van der Waals surface area contributed by atoms with Gasteiger partial charge in [-0.25, -0.2) is 32.6 Å². The zero-order valence-corrected chi connectivity index (χ0v) is 22.1. The summed E-state index contributed by atoms with van der Waals surface area (Å²) in [5, 5.41) is 4.99. The van der Waals surface area contributed by atoms with E-state index in [0.717, 1.165) is 23.0 Å². The summed E-state index contributed by atoms with van der Waals surface area (Å²) in [7, 11) is 0. The van der Waals surface area contributed by atoms with Crippen molar-refractivity contribution in [1.82, 2.24) is 24.7 Å². The normalized spacial score (nSPS) is 12.4. The zero-order valence-electron chi connectivity index (χ0n) is 22.1. The number of nitrogens with zero attached hydrogens (tertiary/aromatic N) is 4. The fraction of sp³-hybridized carbons (Fsp3) is 0.320. The van der Waals surface area contributed by atoms with E-state index < -0.39 is 65.0 Å². The first-order valence-electron chi connectivity index (χ1n) is 12.3. The Labute approximate surface area is 240 Å². The van der Waals surface area contributed by atoms with Gasteiger partial charge in [0.25, 0.3) is 17.5 Å². The van der Waals surface area contributed by atoms with E-state index in [-0.39, 0.29) is 42.8 Å². The molecule has 0 saturated carbocycles. The minimum absolute atomic E-state index is 0.0410. The van der Waals surface area contributed by atoms with Crippen LogP contribution in [0.1, 0.15) is 30.4 Å². The van der Waals surface area contributed by atoms with E-state index in [1.54, 1.807) is 5.10 Å². The van der Waals surface area contributed by atoms with Crippen molar-refractivity contribution < 1.29 is 44.3 Å². The van der Waals surface area contributed by atoms with Crippen LogP contribution in [0.3, 0.4) is 0 Å². The van der Waals surface area contributed by atoms with E-state index >= 15 is 0 Å². The van der Waals surface area contributed by atoms with Crippen LogP contribution in [0.25, 0.3) is 22.2 Å². The van der Waals surface area contributed by atoms with Crippen LogP contribution in [-0.2, 0) is 17.5 Å². The largest absolute Gasteiger partial charge is 0.423 e. The third-order valence-corrected chi connectivity index (χ3v) is 5.86. The number of nitrogen functional groups attached to an aromatic ring is 2. The Hall–Kier alpha value is -4.68. The number of aromatic nitrogens is 5. The summed E-state index contributed by atoms with van der Waals surface area (Å²) in [4.78, 5) is 30.6. The molecule has 1 unspecified atom stereocenters. The third kappa shape index (κ3) is 8.45. The Bertz CT molecular complexity index is 1710. The Balaban J connectivity index is 0.000000369. The second-order valence-corrected chi connectivity index (χ2v) is 8.93. The number of hydrogen-bond donors (Lipinski definition) is 3. The Morgan fingerprint density at radius 2 is 1.75 bits per heavy atom. The van der Waals surface area contributed by atoms with Crippen LogP contribution in [0.15, 0.2) is 46.4 Å². The van der Waals surface area contributed by atoms with Crippen molar-refractivity contribution >= 4 is 22.3 Å². The number of aromatic amines is 1. The van der Waals surface area contributed by atoms with E-state index in [1.165, 1.54) is 18.3 Å². The van der Waals surface area contributed by atoms with Gasteiger partial charge in [0.2, 0.25) is 0 Å². The van der Waals surface area contributed by atoms with Gasteiger partial charge in [0.1, 0.15) is 23.4 Å². The molecule has 0 radical (unpaired) electrons. The number of rotatable bonds is 9. The van der Waals surface area contributed by atoms with Crippen molar-refractivity contribution in [1.29, 1.82) is 0 Å². The maximum atomic E-state index is 14.7. The fourth-order valence-corrected chi connectivity index (χ4v) is 3.81. The van der Waals surface area contributed by atoms with Crippen LogP contribution in [0.5, 0.6) is 0 Å². The zero-order chi connectivity index (χ0) is 32.8. The smallest absolute Gasteiger partial charge is 0.397 e. The van der Waals surface area contributed by atoms with Crippen LogP contribution in [-0.4, -0.2) is 44.1 Å². The van der Waals surface area contributed by atoms with Gasteiger partial charge in [-0.05, 0) is 36.4 Å². The standard InChI is InChI=1S/C20H18F6N4O2.C5H4F3N3O/c21-11(2-1-5-32-20(25)26)9-30-4-3-10-6-13(15(22)7-12(10)19(30)31)18-28-8-14(16(23)24)17(27)29-18;6-5(7,8)3-2(9)1-10-11-4(3)12/h3-4,6-8,11,16,20H,1-2,5,9H2,(H2,27,28,29);1H,(H3,9,11,12). The number of nitrogens with two attached hydrogens (primary N) is 2. The SMILES string of the molecule is Nc1cn[nH]c(=O)c1C(F)(F)F.Nc1nc(-c2cc3ccn(CC(F)CCCOC(F)F)c(=O)c3cc2F)ncc1C(F)F. The second kappa shape index (κ2) is 14.2. The summed E-state index contributed by atoms with van der Waals surface area (Å²) in [5.74, 6) is -1.62. The van der Waals surface area contributed by atoms with Gasteiger partial charge in [0.05, 0.1) is 41.5 Å². The molecular formula is C25H22F9N7O3. The van der Waals surface area contributed by atoms with E-state index in [9.17, 15) is 49.1 Å². The number of halogens is 9. The van der Waals surface area contributed by atoms with Gasteiger partial charge in [-0.15, -0.1) is 0 Å². The molecule has 4 aromatic rings. The molecule has 0 aliphatic rings. The molecule has 238 valence electrons. The lowest BCUT2D eigenvalue weighted by Crippen LogP contribution is -2.24. The first-order chi connectivity index (χ1) is 20.6. The molecule has 0 aliphatic heterocycles. The molecule has 10 nitrogen and oxygen atoms in total. The van der Waals surface area contributed by atoms with Crippen LogP contribution >= 0.6 is 0 Å². The van der Waals surface area contributed by atoms with Gasteiger partial charge >= 0.3 is 12.8 Å². The highest BCUT2D eigenvalue weighted by atomic mass is 19.4. The van der Waals surface area contributed by atoms with Crippen LogP contribution in [0, 0.1) is 5.82 Å². The molecule has 1 atom stereocenters. The Kier molecular flexibility index (Phi) is 10.9. The van der Waals surface area contributed by atoms with Crippen molar-refractivity contribution in [2.75, 3.05) is 18.1 Å². The van der Waals surface area contributed by atoms with Gasteiger partial charge < -0.3 is 20.8 Å². The van der Waals surface area contributed by atoms with E-state index in [1.807, 2.05) is 0 Å². The second-order valence-electron chi connectivity index (χ2n) is 8.93. The van der Waals surface area contributed by atoms with Crippen molar-refractivity contribution in [3.8, 4) is 11.4 Å². The lowest BCUT2D eigenvalue weighted by atomic mass is 10.1. The molecule has 0 fully saturated rings. The number of fused-ring (bicyclic) bond motifs is 1. The molecule has 19 heteroatoms. The van der Waals surface area contributed by atoms with Crippen molar-refractivity contribution in [3.63, 3.8) is 0 Å². The molecule has 3 aromatic heterocycles. The summed E-state index contributed by atoms with van der Waals surface area (Å²) in [5.41, 5.74) is 5.59. The third-order valence-electron chi connectivity index (χ3n) is 5.86. The average molecular weight is 639 g/mol. The molecule has 1 aromatic carbocycles. The predicted molar refractivity (Wildman–Crippen MR) is 139 cm³/mol. The lowest BCUT2D eigenvalue weighted by molar-refractivity contribution is -0.138. The minimum atomic E-state index is -4.74. The first kappa shape index (κ1) is 33.8. The van der Waals surface area contributed by atoms with Crippen molar-refractivity contribution in [2.45, 2.75) is 44.8 Å². The van der Waals surface area contributed by atoms with E-state index in [4.69, 9.17) is 11.5 Å². The van der Waals surface area contributed by atoms with E-state index in [2.05, 4.69) is 19.8 Å². The van der Waals surface area contributed by atoms with Gasteiger partial charge in [0, 0.05) is 12.4 Å². The molecule has 0 aliphatic carbocycles. The summed E-state index contributed by atoms with van der Waals surface area (Å²) < 4.78 is 119. The monoisotopic (exact) mass is 639 g/mol. The van der Waals surface area contributed by atoms with Crippen LogP contribution in [0.2, 0.25) is 0 Å². The molecule has 5 N–H and O–H groups in total. The molecule has 44 heavy (non-hydrogen) atoms. The quantitative estimate of drug-likeness (QED) is 0.174.